The molecular weight excluding hydrogens is 280 g/mol. The molecule has 1 aromatic heterocycles. The van der Waals surface area contributed by atoms with Crippen molar-refractivity contribution in [1.29, 1.82) is 0 Å². The van der Waals surface area contributed by atoms with Crippen LogP contribution in [0.4, 0.5) is 0 Å². The minimum Gasteiger partial charge on any atom is -0.464 e. The van der Waals surface area contributed by atoms with E-state index in [2.05, 4.69) is 0 Å². The van der Waals surface area contributed by atoms with Gasteiger partial charge in [0.1, 0.15) is 10.8 Å². The second-order valence-corrected chi connectivity index (χ2v) is 5.31. The molecule has 6 heteroatoms. The van der Waals surface area contributed by atoms with Crippen LogP contribution in [0.1, 0.15) is 12.2 Å². The molecule has 4 N–H and O–H groups in total. The number of rotatable bonds is 6. The molecule has 1 unspecified atom stereocenters. The van der Waals surface area contributed by atoms with Gasteiger partial charge in [0, 0.05) is 30.8 Å². The highest BCUT2D eigenvalue weighted by atomic mass is 35.5. The molecule has 1 aliphatic rings. The van der Waals surface area contributed by atoms with Crippen LogP contribution in [-0.2, 0) is 0 Å². The highest BCUT2D eigenvalue weighted by molar-refractivity contribution is 6.26. The first-order valence-electron chi connectivity index (χ1n) is 6.49. The lowest BCUT2D eigenvalue weighted by Gasteiger charge is -2.38. The lowest BCUT2D eigenvalue weighted by Crippen LogP contribution is -2.46. The first-order valence-corrected chi connectivity index (χ1v) is 6.87. The molecule has 0 aromatic carbocycles. The monoisotopic (exact) mass is 298 g/mol. The van der Waals surface area contributed by atoms with Crippen molar-refractivity contribution in [3.05, 3.63) is 42.0 Å². The van der Waals surface area contributed by atoms with E-state index in [-0.39, 0.29) is 13.2 Å². The Bertz CT molecular complexity index is 493. The highest BCUT2D eigenvalue weighted by Crippen LogP contribution is 2.37. The molecule has 110 valence electrons. The average Bonchev–Trinajstić information content (AvgIpc) is 2.95. The van der Waals surface area contributed by atoms with Gasteiger partial charge in [-0.1, -0.05) is 17.7 Å². The molecule has 0 amide bonds. The third kappa shape index (κ3) is 3.07. The third-order valence-corrected chi connectivity index (χ3v) is 3.84. The number of aliphatic hydroxyl groups excluding tert-OH is 2. The van der Waals surface area contributed by atoms with Crippen molar-refractivity contribution >= 4 is 17.2 Å². The van der Waals surface area contributed by atoms with Gasteiger partial charge in [0.15, 0.2) is 0 Å². The van der Waals surface area contributed by atoms with Crippen LogP contribution in [0.2, 0.25) is 0 Å². The molecule has 0 spiro atoms. The molecule has 1 aromatic rings. The molecule has 0 fully saturated rings. The minimum atomic E-state index is -0.823. The van der Waals surface area contributed by atoms with Crippen molar-refractivity contribution in [3.8, 4) is 0 Å². The summed E-state index contributed by atoms with van der Waals surface area (Å²) in [6, 6.07) is 3.60. The van der Waals surface area contributed by atoms with Crippen molar-refractivity contribution in [2.75, 3.05) is 26.3 Å². The predicted octanol–water partition coefficient (Wildman–Crippen LogP) is 1.13. The topological polar surface area (TPSA) is 82.9 Å². The van der Waals surface area contributed by atoms with Crippen LogP contribution in [-0.4, -0.2) is 46.4 Å². The Hall–Kier alpha value is -1.27. The molecule has 0 saturated heterocycles. The molecular formula is C14H19ClN2O3. The summed E-state index contributed by atoms with van der Waals surface area (Å²) >= 11 is 6.66. The average molecular weight is 299 g/mol. The maximum Gasteiger partial charge on any atom is 0.135 e. The maximum absolute atomic E-state index is 9.15. The number of halogens is 1. The largest absolute Gasteiger partial charge is 0.464 e. The van der Waals surface area contributed by atoms with E-state index in [4.69, 9.17) is 32.0 Å². The molecule has 5 nitrogen and oxygen atoms in total. The van der Waals surface area contributed by atoms with Gasteiger partial charge in [-0.15, -0.1) is 0 Å². The van der Waals surface area contributed by atoms with Gasteiger partial charge in [-0.25, -0.2) is 0 Å². The van der Waals surface area contributed by atoms with Crippen molar-refractivity contribution in [3.63, 3.8) is 0 Å². The lowest BCUT2D eigenvalue weighted by molar-refractivity contribution is 0.122. The number of alkyl halides is 1. The van der Waals surface area contributed by atoms with E-state index >= 15 is 0 Å². The van der Waals surface area contributed by atoms with Gasteiger partial charge in [-0.3, -0.25) is 4.90 Å². The first kappa shape index (κ1) is 15.1. The number of hydrogen-bond acceptors (Lipinski definition) is 5. The van der Waals surface area contributed by atoms with Crippen molar-refractivity contribution in [2.24, 2.45) is 5.73 Å². The fraction of sp³-hybridized carbons (Fsp3) is 0.429. The quantitative estimate of drug-likeness (QED) is 0.542. The molecule has 1 atom stereocenters. The van der Waals surface area contributed by atoms with E-state index in [0.717, 1.165) is 5.57 Å². The molecule has 1 heterocycles. The van der Waals surface area contributed by atoms with Crippen LogP contribution >= 0.6 is 11.6 Å². The molecule has 2 rings (SSSR count). The Labute approximate surface area is 122 Å². The van der Waals surface area contributed by atoms with Crippen LogP contribution in [0.15, 0.2) is 40.7 Å². The fourth-order valence-corrected chi connectivity index (χ4v) is 2.67. The number of nitrogens with two attached hydrogens (primary N) is 1. The summed E-state index contributed by atoms with van der Waals surface area (Å²) in [5.74, 6) is 0.649. The molecule has 1 aliphatic carbocycles. The van der Waals surface area contributed by atoms with Gasteiger partial charge < -0.3 is 20.4 Å². The maximum atomic E-state index is 9.15. The summed E-state index contributed by atoms with van der Waals surface area (Å²) < 4.78 is 5.37. The van der Waals surface area contributed by atoms with E-state index in [1.54, 1.807) is 12.3 Å². The fourth-order valence-electron chi connectivity index (χ4n) is 2.32. The van der Waals surface area contributed by atoms with Gasteiger partial charge >= 0.3 is 0 Å². The summed E-state index contributed by atoms with van der Waals surface area (Å²) in [6.45, 7) is 0.689. The SMILES string of the molecule is NC1=CCC(Cl)(N(CCO)CCO)C=C1c1ccco1. The number of aliphatic hydroxyl groups is 2. The van der Waals surface area contributed by atoms with Crippen molar-refractivity contribution in [1.82, 2.24) is 4.90 Å². The zero-order valence-electron chi connectivity index (χ0n) is 11.1. The smallest absolute Gasteiger partial charge is 0.135 e. The van der Waals surface area contributed by atoms with E-state index in [9.17, 15) is 0 Å². The normalized spacial score (nSPS) is 22.8. The first-order chi connectivity index (χ1) is 9.60. The van der Waals surface area contributed by atoms with Gasteiger partial charge in [-0.05, 0) is 18.2 Å². The Morgan fingerprint density at radius 3 is 2.60 bits per heavy atom. The van der Waals surface area contributed by atoms with Gasteiger partial charge in [0.05, 0.1) is 19.5 Å². The highest BCUT2D eigenvalue weighted by Gasteiger charge is 2.35. The van der Waals surface area contributed by atoms with Gasteiger partial charge in [-0.2, -0.15) is 0 Å². The summed E-state index contributed by atoms with van der Waals surface area (Å²) in [6.07, 6.45) is 5.75. The Morgan fingerprint density at radius 2 is 2.05 bits per heavy atom. The van der Waals surface area contributed by atoms with Crippen LogP contribution < -0.4 is 5.73 Å². The molecule has 0 aliphatic heterocycles. The van der Waals surface area contributed by atoms with Crippen molar-refractivity contribution in [2.45, 2.75) is 11.4 Å². The van der Waals surface area contributed by atoms with Gasteiger partial charge in [0.2, 0.25) is 0 Å². The Kier molecular flexibility index (Phi) is 4.88. The lowest BCUT2D eigenvalue weighted by atomic mass is 9.96. The number of allylic oxidation sites excluding steroid dienone is 1. The van der Waals surface area contributed by atoms with Crippen LogP contribution in [0.25, 0.3) is 5.57 Å². The van der Waals surface area contributed by atoms with Crippen molar-refractivity contribution < 1.29 is 14.6 Å². The zero-order valence-corrected chi connectivity index (χ0v) is 11.9. The summed E-state index contributed by atoms with van der Waals surface area (Å²) in [5.41, 5.74) is 7.34. The standard InChI is InChI=1S/C14H19ClN2O3/c15-14(17(5-7-18)6-8-19)4-3-12(16)11(10-14)13-2-1-9-20-13/h1-3,9-10,18-19H,4-8,16H2. The zero-order chi connectivity index (χ0) is 14.6. The Balaban J connectivity index is 2.32. The van der Waals surface area contributed by atoms with E-state index < -0.39 is 5.00 Å². The number of nitrogens with zero attached hydrogens (tertiary/aromatic N) is 1. The summed E-state index contributed by atoms with van der Waals surface area (Å²) in [5, 5.41) is 18.3. The van der Waals surface area contributed by atoms with E-state index in [0.29, 0.717) is 31.0 Å². The van der Waals surface area contributed by atoms with Crippen LogP contribution in [0.3, 0.4) is 0 Å². The number of furan rings is 1. The molecule has 0 bridgehead atoms. The predicted molar refractivity (Wildman–Crippen MR) is 77.9 cm³/mol. The summed E-state index contributed by atoms with van der Waals surface area (Å²) in [4.78, 5) is 0.997. The van der Waals surface area contributed by atoms with Crippen LogP contribution in [0.5, 0.6) is 0 Å². The van der Waals surface area contributed by atoms with Crippen LogP contribution in [0, 0.1) is 0 Å². The molecule has 20 heavy (non-hydrogen) atoms. The second-order valence-electron chi connectivity index (χ2n) is 4.65. The summed E-state index contributed by atoms with van der Waals surface area (Å²) in [7, 11) is 0. The third-order valence-electron chi connectivity index (χ3n) is 3.34. The van der Waals surface area contributed by atoms with E-state index in [1.807, 2.05) is 23.1 Å². The molecule has 0 radical (unpaired) electrons. The molecule has 0 saturated carbocycles. The second kappa shape index (κ2) is 6.45. The number of hydrogen-bond donors (Lipinski definition) is 3. The van der Waals surface area contributed by atoms with Gasteiger partial charge in [0.25, 0.3) is 0 Å². The Morgan fingerprint density at radius 1 is 1.35 bits per heavy atom. The minimum absolute atomic E-state index is 0.0302. The van der Waals surface area contributed by atoms with E-state index in [1.165, 1.54) is 0 Å².